The molecule has 0 aromatic rings. The van der Waals surface area contributed by atoms with Crippen LogP contribution in [0.1, 0.15) is 322 Å². The number of phosphoric ester groups is 1. The van der Waals surface area contributed by atoms with Crippen LogP contribution in [0.5, 0.6) is 0 Å². The van der Waals surface area contributed by atoms with Crippen molar-refractivity contribution in [3.63, 3.8) is 0 Å². The molecule has 2 N–H and O–H groups in total. The summed E-state index contributed by atoms with van der Waals surface area (Å²) in [7, 11) is 1.27. The number of allylic oxidation sites excluding steroid dienone is 5. The molecule has 0 aromatic heterocycles. The van der Waals surface area contributed by atoms with Crippen molar-refractivity contribution in [1.82, 2.24) is 5.32 Å². The van der Waals surface area contributed by atoms with Crippen molar-refractivity contribution in [2.45, 2.75) is 334 Å². The number of carbonyl (C=O) groups excluding carboxylic acids is 1. The molecule has 0 aromatic carbocycles. The van der Waals surface area contributed by atoms with E-state index < -0.39 is 20.0 Å². The van der Waals surface area contributed by atoms with Crippen LogP contribution >= 0.6 is 7.82 Å². The number of aliphatic hydroxyl groups is 1. The summed E-state index contributed by atoms with van der Waals surface area (Å²) in [5.41, 5.74) is 0. The molecule has 3 atom stereocenters. The molecular formula is C65H127N2O6P. The maximum Gasteiger partial charge on any atom is 0.268 e. The highest BCUT2D eigenvalue weighted by atomic mass is 31.2. The first-order chi connectivity index (χ1) is 36.0. The molecule has 0 rings (SSSR count). The van der Waals surface area contributed by atoms with Crippen molar-refractivity contribution < 1.29 is 32.9 Å². The maximum atomic E-state index is 13.0. The number of quaternary nitrogens is 1. The van der Waals surface area contributed by atoms with Gasteiger partial charge in [-0.2, -0.15) is 0 Å². The predicted octanol–water partition coefficient (Wildman–Crippen LogP) is 19.5. The average molecular weight is 1060 g/mol. The van der Waals surface area contributed by atoms with Crippen molar-refractivity contribution in [2.24, 2.45) is 0 Å². The van der Waals surface area contributed by atoms with E-state index in [0.717, 1.165) is 44.9 Å². The number of amides is 1. The lowest BCUT2D eigenvalue weighted by atomic mass is 10.0. The molecule has 438 valence electrons. The standard InChI is InChI=1S/C65H127N2O6P/c1-6-8-10-12-14-16-18-20-22-24-26-28-30-32-33-35-36-38-40-42-44-46-48-50-52-54-56-58-64(68)63(62-73-74(70,71)72-61-60-67(3,4)5)66-65(69)59-57-55-53-51-49-47-45-43-41-39-37-34-31-29-27-25-23-21-19-17-15-13-11-9-7-2/h19,21,25,27,56,58,63-64,68H,6-18,20,22-24,26,28-55,57,59-62H2,1-5H3,(H-,66,69,70,71)/b21-19-,27-25-,58-56+. The van der Waals surface area contributed by atoms with E-state index in [4.69, 9.17) is 9.05 Å². The van der Waals surface area contributed by atoms with E-state index in [1.54, 1.807) is 6.08 Å². The lowest BCUT2D eigenvalue weighted by molar-refractivity contribution is -0.870. The zero-order valence-electron chi connectivity index (χ0n) is 50.1. The topological polar surface area (TPSA) is 108 Å². The molecule has 0 aliphatic heterocycles. The molecule has 0 aliphatic rings. The van der Waals surface area contributed by atoms with Gasteiger partial charge in [-0.05, 0) is 51.4 Å². The molecule has 74 heavy (non-hydrogen) atoms. The normalized spacial score (nSPS) is 14.0. The fourth-order valence-electron chi connectivity index (χ4n) is 9.78. The van der Waals surface area contributed by atoms with Crippen LogP contribution in [0.4, 0.5) is 0 Å². The first-order valence-corrected chi connectivity index (χ1v) is 33.8. The summed E-state index contributed by atoms with van der Waals surface area (Å²) in [6, 6.07) is -0.888. The number of nitrogens with one attached hydrogen (secondary N) is 1. The largest absolute Gasteiger partial charge is 0.756 e. The molecule has 0 saturated heterocycles. The Labute approximate surface area is 461 Å². The molecule has 0 radical (unpaired) electrons. The van der Waals surface area contributed by atoms with Crippen LogP contribution < -0.4 is 10.2 Å². The van der Waals surface area contributed by atoms with E-state index in [-0.39, 0.29) is 19.1 Å². The van der Waals surface area contributed by atoms with Gasteiger partial charge in [0.15, 0.2) is 0 Å². The van der Waals surface area contributed by atoms with Crippen LogP contribution in [0, 0.1) is 0 Å². The van der Waals surface area contributed by atoms with Crippen LogP contribution in [-0.2, 0) is 18.4 Å². The molecule has 0 spiro atoms. The summed E-state index contributed by atoms with van der Waals surface area (Å²) < 4.78 is 23.4. The molecule has 0 saturated carbocycles. The van der Waals surface area contributed by atoms with Crippen molar-refractivity contribution in [2.75, 3.05) is 40.9 Å². The number of hydrogen-bond donors (Lipinski definition) is 2. The summed E-state index contributed by atoms with van der Waals surface area (Å²) in [6.07, 6.45) is 73.8. The molecular weight excluding hydrogens is 936 g/mol. The third kappa shape index (κ3) is 58.4. The molecule has 0 bridgehead atoms. The predicted molar refractivity (Wildman–Crippen MR) is 321 cm³/mol. The molecule has 0 aliphatic carbocycles. The third-order valence-corrected chi connectivity index (χ3v) is 15.8. The average Bonchev–Trinajstić information content (AvgIpc) is 3.36. The summed E-state index contributed by atoms with van der Waals surface area (Å²) in [5, 5.41) is 13.9. The van der Waals surface area contributed by atoms with Gasteiger partial charge >= 0.3 is 0 Å². The molecule has 9 heteroatoms. The maximum absolute atomic E-state index is 13.0. The van der Waals surface area contributed by atoms with Gasteiger partial charge in [-0.25, -0.2) is 0 Å². The van der Waals surface area contributed by atoms with Crippen molar-refractivity contribution in [1.29, 1.82) is 0 Å². The second kappa shape index (κ2) is 56.4. The number of phosphoric acid groups is 1. The summed E-state index contributed by atoms with van der Waals surface area (Å²) in [4.78, 5) is 25.6. The van der Waals surface area contributed by atoms with Gasteiger partial charge in [-0.3, -0.25) is 9.36 Å². The number of rotatable bonds is 60. The highest BCUT2D eigenvalue weighted by Gasteiger charge is 2.23. The molecule has 0 fully saturated rings. The van der Waals surface area contributed by atoms with Crippen LogP contribution in [0.2, 0.25) is 0 Å². The Hall–Kier alpha value is -1.28. The van der Waals surface area contributed by atoms with Gasteiger partial charge in [0.25, 0.3) is 7.82 Å². The van der Waals surface area contributed by atoms with Gasteiger partial charge in [-0.1, -0.05) is 301 Å². The van der Waals surface area contributed by atoms with Crippen molar-refractivity contribution >= 4 is 13.7 Å². The van der Waals surface area contributed by atoms with E-state index in [0.29, 0.717) is 17.4 Å². The van der Waals surface area contributed by atoms with Gasteiger partial charge < -0.3 is 28.8 Å². The van der Waals surface area contributed by atoms with Gasteiger partial charge in [0.05, 0.1) is 39.9 Å². The van der Waals surface area contributed by atoms with Gasteiger partial charge in [-0.15, -0.1) is 0 Å². The number of likely N-dealkylation sites (N-methyl/N-ethyl adjacent to an activating group) is 1. The Morgan fingerprint density at radius 1 is 0.473 bits per heavy atom. The first-order valence-electron chi connectivity index (χ1n) is 32.4. The number of carbonyl (C=O) groups is 1. The minimum atomic E-state index is -4.60. The molecule has 0 heterocycles. The van der Waals surface area contributed by atoms with Gasteiger partial charge in [0, 0.05) is 6.42 Å². The zero-order valence-corrected chi connectivity index (χ0v) is 51.0. The Morgan fingerprint density at radius 2 is 0.784 bits per heavy atom. The van der Waals surface area contributed by atoms with Gasteiger partial charge in [0.2, 0.25) is 5.91 Å². The summed E-state index contributed by atoms with van der Waals surface area (Å²) in [5.74, 6) is -0.194. The Morgan fingerprint density at radius 3 is 1.12 bits per heavy atom. The monoisotopic (exact) mass is 1060 g/mol. The fourth-order valence-corrected chi connectivity index (χ4v) is 10.5. The van der Waals surface area contributed by atoms with Crippen LogP contribution in [-0.4, -0.2) is 68.5 Å². The lowest BCUT2D eigenvalue weighted by Gasteiger charge is -2.29. The molecule has 3 unspecified atom stereocenters. The second-order valence-corrected chi connectivity index (χ2v) is 24.9. The Kier molecular flexibility index (Phi) is 55.5. The van der Waals surface area contributed by atoms with Crippen LogP contribution in [0.3, 0.4) is 0 Å². The third-order valence-electron chi connectivity index (χ3n) is 14.8. The zero-order chi connectivity index (χ0) is 54.2. The minimum absolute atomic E-state index is 0.0000556. The number of nitrogens with zero attached hydrogens (tertiary/aromatic N) is 1. The highest BCUT2D eigenvalue weighted by Crippen LogP contribution is 2.38. The van der Waals surface area contributed by atoms with E-state index >= 15 is 0 Å². The van der Waals surface area contributed by atoms with E-state index in [1.807, 2.05) is 27.2 Å². The van der Waals surface area contributed by atoms with Crippen molar-refractivity contribution in [3.05, 3.63) is 36.5 Å². The summed E-state index contributed by atoms with van der Waals surface area (Å²) >= 11 is 0. The number of hydrogen-bond acceptors (Lipinski definition) is 6. The Bertz CT molecular complexity index is 1300. The number of aliphatic hydroxyl groups excluding tert-OH is 1. The minimum Gasteiger partial charge on any atom is -0.756 e. The number of unbranched alkanes of at least 4 members (excludes halogenated alkanes) is 43. The molecule has 8 nitrogen and oxygen atoms in total. The first kappa shape index (κ1) is 72.7. The Balaban J connectivity index is 4.12. The quantitative estimate of drug-likeness (QED) is 0.0272. The van der Waals surface area contributed by atoms with Gasteiger partial charge in [0.1, 0.15) is 13.2 Å². The van der Waals surface area contributed by atoms with Crippen LogP contribution in [0.25, 0.3) is 0 Å². The fraction of sp³-hybridized carbons (Fsp3) is 0.892. The molecule has 1 amide bonds. The van der Waals surface area contributed by atoms with E-state index in [1.165, 1.54) is 257 Å². The van der Waals surface area contributed by atoms with Crippen LogP contribution in [0.15, 0.2) is 36.5 Å². The van der Waals surface area contributed by atoms with E-state index in [9.17, 15) is 19.4 Å². The second-order valence-electron chi connectivity index (χ2n) is 23.5. The highest BCUT2D eigenvalue weighted by molar-refractivity contribution is 7.45. The van der Waals surface area contributed by atoms with E-state index in [2.05, 4.69) is 43.5 Å². The lowest BCUT2D eigenvalue weighted by Crippen LogP contribution is -2.45. The SMILES string of the molecule is CCCCCCC/C=C\C/C=C\CCCCCCCCCCCCCCCC(=O)NC(COP(=O)([O-])OCC[N+](C)(C)C)C(O)/C=C/CCCCCCCCCCCCCCCCCCCCCCCCCCC. The summed E-state index contributed by atoms with van der Waals surface area (Å²) in [6.45, 7) is 4.69. The smallest absolute Gasteiger partial charge is 0.268 e. The van der Waals surface area contributed by atoms with Crippen molar-refractivity contribution in [3.8, 4) is 0 Å².